The topological polar surface area (TPSA) is 34.9 Å². The number of Topliss-reactive ketones (excluding diaryl/α,β-unsaturated/α-hetero) is 1. The molecule has 0 unspecified atom stereocenters. The molecule has 0 amide bonds. The van der Waals surface area contributed by atoms with Gasteiger partial charge in [-0.15, -0.1) is 0 Å². The summed E-state index contributed by atoms with van der Waals surface area (Å²) in [5.41, 5.74) is 1.14. The average Bonchev–Trinajstić information content (AvgIpc) is 2.66. The zero-order valence-corrected chi connectivity index (χ0v) is 10.1. The van der Waals surface area contributed by atoms with E-state index in [9.17, 15) is 13.6 Å². The molecule has 0 aliphatic heterocycles. The van der Waals surface area contributed by atoms with Gasteiger partial charge in [0.25, 0.3) is 0 Å². The van der Waals surface area contributed by atoms with E-state index in [0.717, 1.165) is 11.8 Å². The van der Waals surface area contributed by atoms with Gasteiger partial charge in [-0.1, -0.05) is 12.1 Å². The van der Waals surface area contributed by atoms with Crippen molar-refractivity contribution in [1.29, 1.82) is 0 Å². The molecule has 3 nitrogen and oxygen atoms in total. The molecular formula is C13H12F2N2O. The highest BCUT2D eigenvalue weighted by Gasteiger charge is 2.15. The van der Waals surface area contributed by atoms with Crippen LogP contribution >= 0.6 is 0 Å². The molecule has 0 aliphatic rings. The number of carbonyl (C=O) groups is 1. The minimum Gasteiger partial charge on any atom is -0.292 e. The van der Waals surface area contributed by atoms with E-state index in [1.54, 1.807) is 17.8 Å². The lowest BCUT2D eigenvalue weighted by Crippen LogP contribution is -2.07. The summed E-state index contributed by atoms with van der Waals surface area (Å²) < 4.78 is 28.0. The summed E-state index contributed by atoms with van der Waals surface area (Å²) in [5.74, 6) is -2.25. The van der Waals surface area contributed by atoms with E-state index in [4.69, 9.17) is 0 Å². The summed E-state index contributed by atoms with van der Waals surface area (Å²) in [6, 6.07) is 5.42. The third-order valence-electron chi connectivity index (χ3n) is 2.78. The molecule has 0 N–H and O–H groups in total. The van der Waals surface area contributed by atoms with Crippen LogP contribution in [-0.2, 0) is 13.5 Å². The highest BCUT2D eigenvalue weighted by atomic mass is 19.2. The second-order valence-corrected chi connectivity index (χ2v) is 4.11. The first-order chi connectivity index (χ1) is 8.49. The Hall–Kier alpha value is -2.04. The van der Waals surface area contributed by atoms with Gasteiger partial charge in [-0.25, -0.2) is 8.78 Å². The summed E-state index contributed by atoms with van der Waals surface area (Å²) in [6.07, 6.45) is -0.194. The second-order valence-electron chi connectivity index (χ2n) is 4.11. The normalized spacial score (nSPS) is 10.7. The van der Waals surface area contributed by atoms with Crippen LogP contribution in [-0.4, -0.2) is 15.6 Å². The van der Waals surface area contributed by atoms with Crippen molar-refractivity contribution in [3.05, 3.63) is 52.9 Å². The predicted octanol–water partition coefficient (Wildman–Crippen LogP) is 2.43. The monoisotopic (exact) mass is 250 g/mol. The van der Waals surface area contributed by atoms with Crippen LogP contribution in [0.4, 0.5) is 8.78 Å². The Balaban J connectivity index is 2.24. The van der Waals surface area contributed by atoms with Crippen molar-refractivity contribution in [2.24, 2.45) is 7.05 Å². The van der Waals surface area contributed by atoms with Crippen LogP contribution in [0.2, 0.25) is 0 Å². The van der Waals surface area contributed by atoms with Gasteiger partial charge in [0.2, 0.25) is 0 Å². The summed E-state index contributed by atoms with van der Waals surface area (Å²) in [6.45, 7) is 1.81. The molecule has 0 aliphatic carbocycles. The van der Waals surface area contributed by atoms with Crippen molar-refractivity contribution in [3.63, 3.8) is 0 Å². The second kappa shape index (κ2) is 4.68. The smallest absolute Gasteiger partial charge is 0.187 e. The van der Waals surface area contributed by atoms with Crippen LogP contribution in [0.25, 0.3) is 0 Å². The number of aryl methyl sites for hydroxylation is 2. The highest BCUT2D eigenvalue weighted by Crippen LogP contribution is 2.14. The lowest BCUT2D eigenvalue weighted by Gasteiger charge is -2.01. The van der Waals surface area contributed by atoms with E-state index in [1.165, 1.54) is 12.1 Å². The fourth-order valence-corrected chi connectivity index (χ4v) is 1.65. The number of carbonyl (C=O) groups excluding carboxylic acids is 1. The largest absolute Gasteiger partial charge is 0.292 e. The molecule has 94 valence electrons. The molecule has 1 heterocycles. The maximum Gasteiger partial charge on any atom is 0.187 e. The fraction of sp³-hybridized carbons (Fsp3) is 0.231. The average molecular weight is 250 g/mol. The summed E-state index contributed by atoms with van der Waals surface area (Å²) in [4.78, 5) is 11.9. The maximum atomic E-state index is 13.4. The molecule has 0 bridgehead atoms. The van der Waals surface area contributed by atoms with Gasteiger partial charge in [-0.05, 0) is 24.6 Å². The van der Waals surface area contributed by atoms with Crippen molar-refractivity contribution in [1.82, 2.24) is 9.78 Å². The summed E-state index contributed by atoms with van der Waals surface area (Å²) in [7, 11) is 1.72. The van der Waals surface area contributed by atoms with Crippen LogP contribution < -0.4 is 0 Å². The minimum atomic E-state index is -0.974. The van der Waals surface area contributed by atoms with Crippen molar-refractivity contribution < 1.29 is 13.6 Å². The first-order valence-electron chi connectivity index (χ1n) is 5.45. The van der Waals surface area contributed by atoms with Gasteiger partial charge in [0.15, 0.2) is 17.4 Å². The molecule has 5 heteroatoms. The molecule has 1 aromatic heterocycles. The van der Waals surface area contributed by atoms with Gasteiger partial charge in [-0.2, -0.15) is 5.10 Å². The van der Waals surface area contributed by atoms with E-state index in [2.05, 4.69) is 5.10 Å². The zero-order valence-electron chi connectivity index (χ0n) is 10.1. The van der Waals surface area contributed by atoms with Crippen molar-refractivity contribution in [2.75, 3.05) is 0 Å². The molecule has 18 heavy (non-hydrogen) atoms. The number of hydrogen-bond donors (Lipinski definition) is 0. The Kier molecular flexibility index (Phi) is 3.23. The van der Waals surface area contributed by atoms with Gasteiger partial charge in [0.1, 0.15) is 5.69 Å². The third-order valence-corrected chi connectivity index (χ3v) is 2.78. The number of aromatic nitrogens is 2. The Morgan fingerprint density at radius 1 is 1.39 bits per heavy atom. The molecule has 0 saturated heterocycles. The molecule has 1 aromatic carbocycles. The van der Waals surface area contributed by atoms with Gasteiger partial charge >= 0.3 is 0 Å². The third kappa shape index (κ3) is 2.30. The number of rotatable bonds is 3. The highest BCUT2D eigenvalue weighted by molar-refractivity contribution is 5.95. The van der Waals surface area contributed by atoms with E-state index >= 15 is 0 Å². The van der Waals surface area contributed by atoms with Crippen LogP contribution in [0, 0.1) is 18.6 Å². The number of ketones is 1. The summed E-state index contributed by atoms with van der Waals surface area (Å²) in [5, 5.41) is 4.01. The Bertz CT molecular complexity index is 586. The van der Waals surface area contributed by atoms with Gasteiger partial charge in [-0.3, -0.25) is 9.48 Å². The molecule has 0 spiro atoms. The van der Waals surface area contributed by atoms with Crippen LogP contribution in [0.15, 0.2) is 24.3 Å². The molecule has 0 fully saturated rings. The fourth-order valence-electron chi connectivity index (χ4n) is 1.65. The summed E-state index contributed by atoms with van der Waals surface area (Å²) >= 11 is 0. The first-order valence-corrected chi connectivity index (χ1v) is 5.45. The predicted molar refractivity (Wildman–Crippen MR) is 62.3 cm³/mol. The number of halogens is 2. The van der Waals surface area contributed by atoms with Gasteiger partial charge in [0, 0.05) is 19.2 Å². The standard InChI is InChI=1S/C13H12F2N2O/c1-8-6-11(16-17(8)2)12(18)7-9-4-3-5-10(14)13(9)15/h3-6H,7H2,1-2H3. The lowest BCUT2D eigenvalue weighted by molar-refractivity contribution is 0.0986. The molecular weight excluding hydrogens is 238 g/mol. The Morgan fingerprint density at radius 2 is 2.11 bits per heavy atom. The quantitative estimate of drug-likeness (QED) is 0.784. The van der Waals surface area contributed by atoms with E-state index < -0.39 is 11.6 Å². The molecule has 0 radical (unpaired) electrons. The SMILES string of the molecule is Cc1cc(C(=O)Cc2cccc(F)c2F)nn1C. The zero-order chi connectivity index (χ0) is 13.3. The minimum absolute atomic E-state index is 0.0447. The van der Waals surface area contributed by atoms with E-state index in [-0.39, 0.29) is 23.5 Å². The van der Waals surface area contributed by atoms with Crippen molar-refractivity contribution in [2.45, 2.75) is 13.3 Å². The van der Waals surface area contributed by atoms with Crippen LogP contribution in [0.3, 0.4) is 0 Å². The first kappa shape index (κ1) is 12.4. The van der Waals surface area contributed by atoms with Crippen LogP contribution in [0.5, 0.6) is 0 Å². The Morgan fingerprint density at radius 3 is 2.72 bits per heavy atom. The molecule has 0 atom stereocenters. The molecule has 2 rings (SSSR count). The van der Waals surface area contributed by atoms with E-state index in [1.807, 2.05) is 6.92 Å². The Labute approximate surface area is 103 Å². The number of hydrogen-bond acceptors (Lipinski definition) is 2. The van der Waals surface area contributed by atoms with Gasteiger partial charge < -0.3 is 0 Å². The molecule has 0 saturated carbocycles. The van der Waals surface area contributed by atoms with Crippen molar-refractivity contribution >= 4 is 5.78 Å². The van der Waals surface area contributed by atoms with Crippen molar-refractivity contribution in [3.8, 4) is 0 Å². The van der Waals surface area contributed by atoms with E-state index in [0.29, 0.717) is 0 Å². The number of nitrogens with zero attached hydrogens (tertiary/aromatic N) is 2. The van der Waals surface area contributed by atoms with Gasteiger partial charge in [0.05, 0.1) is 0 Å². The van der Waals surface area contributed by atoms with Crippen LogP contribution in [0.1, 0.15) is 21.7 Å². The number of benzene rings is 1. The lowest BCUT2D eigenvalue weighted by atomic mass is 10.1. The maximum absolute atomic E-state index is 13.4. The molecule has 2 aromatic rings.